The zero-order valence-corrected chi connectivity index (χ0v) is 28.3. The van der Waals surface area contributed by atoms with Crippen LogP contribution in [0.3, 0.4) is 0 Å². The summed E-state index contributed by atoms with van der Waals surface area (Å²) < 4.78 is 20.1. The Hall–Kier alpha value is -2.23. The standard InChI is InChI=1S/C33H57N9O4/c1-23(8-4-16-43)26-9-10-27-31-28(22-30(33(26,27)3)46-19-7-15-39-42-36)32(2)12-11-25(44-17-5-13-37-40-34)20-24(32)21-29(31)45-18-6-14-38-41-35/h23-31,43H,4-22H2,1-3H3/t23-,24?,25-,26-,27+,28+,29-,30+,31?,32+,33-/m1/s1. The second kappa shape index (κ2) is 17.8. The third-order valence-corrected chi connectivity index (χ3v) is 12.7. The molecule has 13 heteroatoms. The van der Waals surface area contributed by atoms with Crippen LogP contribution in [-0.4, -0.2) is 69.5 Å². The second-order valence-electron chi connectivity index (χ2n) is 14.8. The minimum atomic E-state index is -0.00331. The Labute approximate surface area is 274 Å². The van der Waals surface area contributed by atoms with Gasteiger partial charge in [-0.25, -0.2) is 0 Å². The molecule has 0 aromatic carbocycles. The van der Waals surface area contributed by atoms with E-state index in [1.807, 2.05) is 0 Å². The third-order valence-electron chi connectivity index (χ3n) is 12.7. The summed E-state index contributed by atoms with van der Waals surface area (Å²) in [5.41, 5.74) is 26.3. The predicted octanol–water partition coefficient (Wildman–Crippen LogP) is 8.53. The van der Waals surface area contributed by atoms with Gasteiger partial charge in [0.1, 0.15) is 0 Å². The van der Waals surface area contributed by atoms with Gasteiger partial charge in [0.15, 0.2) is 0 Å². The van der Waals surface area contributed by atoms with E-state index in [-0.39, 0.29) is 35.7 Å². The Morgan fingerprint density at radius 3 is 2.04 bits per heavy atom. The SMILES string of the molecule is C[C@H](CCCO)[C@H]1CC[C@H]2C3[C@H](OCCCN=[N+]=[N-])CC4C[C@H](OCCCN=[N+]=[N-])CC[C@]4(C)[C@H]3C[C@H](OCCCN=[N+]=[N-])[C@]12C. The van der Waals surface area contributed by atoms with Crippen LogP contribution in [0.1, 0.15) is 97.8 Å². The van der Waals surface area contributed by atoms with Gasteiger partial charge in [0.2, 0.25) is 0 Å². The Morgan fingerprint density at radius 2 is 1.41 bits per heavy atom. The van der Waals surface area contributed by atoms with Gasteiger partial charge in [0.05, 0.1) is 18.3 Å². The fourth-order valence-corrected chi connectivity index (χ4v) is 10.5. The summed E-state index contributed by atoms with van der Waals surface area (Å²) in [5.74, 6) is 2.86. The molecule has 0 aromatic heterocycles. The van der Waals surface area contributed by atoms with Gasteiger partial charge in [0, 0.05) is 66.2 Å². The first-order valence-electron chi connectivity index (χ1n) is 17.8. The second-order valence-corrected chi connectivity index (χ2v) is 14.8. The predicted molar refractivity (Wildman–Crippen MR) is 177 cm³/mol. The third kappa shape index (κ3) is 8.24. The highest BCUT2D eigenvalue weighted by Gasteiger charge is 2.66. The average molecular weight is 644 g/mol. The van der Waals surface area contributed by atoms with Crippen LogP contribution in [0, 0.1) is 46.3 Å². The molecule has 0 aromatic rings. The number of hydrogen-bond acceptors (Lipinski definition) is 7. The largest absolute Gasteiger partial charge is 0.396 e. The molecule has 4 saturated carbocycles. The molecule has 4 aliphatic carbocycles. The number of rotatable bonds is 19. The fourth-order valence-electron chi connectivity index (χ4n) is 10.5. The molecular weight excluding hydrogens is 586 g/mol. The number of aliphatic hydroxyl groups is 1. The molecule has 4 fully saturated rings. The summed E-state index contributed by atoms with van der Waals surface area (Å²) in [6.07, 6.45) is 12.0. The average Bonchev–Trinajstić information content (AvgIpc) is 3.41. The van der Waals surface area contributed by atoms with Crippen molar-refractivity contribution >= 4 is 0 Å². The minimum absolute atomic E-state index is 0.00331. The van der Waals surface area contributed by atoms with Gasteiger partial charge in [-0.05, 0) is 135 Å². The van der Waals surface area contributed by atoms with E-state index in [9.17, 15) is 5.11 Å². The van der Waals surface area contributed by atoms with Crippen molar-refractivity contribution in [2.24, 2.45) is 61.7 Å². The summed E-state index contributed by atoms with van der Waals surface area (Å²) in [6, 6.07) is 0. The van der Waals surface area contributed by atoms with Crippen LogP contribution in [0.25, 0.3) is 31.3 Å². The highest BCUT2D eigenvalue weighted by molar-refractivity contribution is 5.15. The van der Waals surface area contributed by atoms with Crippen molar-refractivity contribution in [3.8, 4) is 0 Å². The lowest BCUT2D eigenvalue weighted by atomic mass is 9.43. The monoisotopic (exact) mass is 643 g/mol. The van der Waals surface area contributed by atoms with Crippen molar-refractivity contribution in [3.05, 3.63) is 31.3 Å². The van der Waals surface area contributed by atoms with Crippen LogP contribution < -0.4 is 0 Å². The molecule has 4 aliphatic rings. The molecular formula is C33H57N9O4. The lowest BCUT2D eigenvalue weighted by Gasteiger charge is -2.65. The molecule has 0 saturated heterocycles. The van der Waals surface area contributed by atoms with Gasteiger partial charge in [-0.15, -0.1) is 0 Å². The molecule has 46 heavy (non-hydrogen) atoms. The summed E-state index contributed by atoms with van der Waals surface area (Å²) in [5, 5.41) is 20.8. The van der Waals surface area contributed by atoms with Crippen LogP contribution in [0.15, 0.2) is 15.3 Å². The van der Waals surface area contributed by atoms with Crippen molar-refractivity contribution < 1.29 is 19.3 Å². The molecule has 2 unspecified atom stereocenters. The summed E-state index contributed by atoms with van der Waals surface area (Å²) in [7, 11) is 0. The molecule has 0 radical (unpaired) electrons. The number of ether oxygens (including phenoxy) is 3. The van der Waals surface area contributed by atoms with Gasteiger partial charge in [0.25, 0.3) is 0 Å². The van der Waals surface area contributed by atoms with E-state index >= 15 is 0 Å². The van der Waals surface area contributed by atoms with E-state index in [1.54, 1.807) is 0 Å². The van der Waals surface area contributed by atoms with Crippen LogP contribution >= 0.6 is 0 Å². The zero-order valence-electron chi connectivity index (χ0n) is 28.3. The topological polar surface area (TPSA) is 194 Å². The summed E-state index contributed by atoms with van der Waals surface area (Å²) in [6.45, 7) is 10.8. The zero-order chi connectivity index (χ0) is 33.0. The number of aliphatic hydroxyl groups excluding tert-OH is 1. The van der Waals surface area contributed by atoms with Crippen LogP contribution in [0.2, 0.25) is 0 Å². The molecule has 0 bridgehead atoms. The van der Waals surface area contributed by atoms with E-state index in [4.69, 9.17) is 30.8 Å². The Kier molecular flexibility index (Phi) is 14.2. The van der Waals surface area contributed by atoms with E-state index in [0.717, 1.165) is 64.2 Å². The Balaban J connectivity index is 1.61. The fraction of sp³-hybridized carbons (Fsp3) is 1.00. The maximum absolute atomic E-state index is 9.63. The van der Waals surface area contributed by atoms with Crippen molar-refractivity contribution in [1.29, 1.82) is 0 Å². The molecule has 4 rings (SSSR count). The Bertz CT molecular complexity index is 1110. The minimum Gasteiger partial charge on any atom is -0.396 e. The van der Waals surface area contributed by atoms with Gasteiger partial charge in [-0.1, -0.05) is 36.1 Å². The highest BCUT2D eigenvalue weighted by atomic mass is 16.5. The number of hydrogen-bond donors (Lipinski definition) is 1. The molecule has 258 valence electrons. The quantitative estimate of drug-likeness (QED) is 0.0637. The van der Waals surface area contributed by atoms with E-state index in [0.29, 0.717) is 75.0 Å². The number of fused-ring (bicyclic) bond motifs is 5. The summed E-state index contributed by atoms with van der Waals surface area (Å²) in [4.78, 5) is 8.71. The lowest BCUT2D eigenvalue weighted by Crippen LogP contribution is -2.63. The summed E-state index contributed by atoms with van der Waals surface area (Å²) >= 11 is 0. The first-order chi connectivity index (χ1) is 22.3. The van der Waals surface area contributed by atoms with E-state index in [1.165, 1.54) is 12.8 Å². The van der Waals surface area contributed by atoms with Crippen LogP contribution in [-0.2, 0) is 14.2 Å². The molecule has 0 spiro atoms. The van der Waals surface area contributed by atoms with Crippen molar-refractivity contribution in [2.45, 2.75) is 116 Å². The van der Waals surface area contributed by atoms with Crippen LogP contribution in [0.4, 0.5) is 0 Å². The molecule has 0 amide bonds. The van der Waals surface area contributed by atoms with E-state index in [2.05, 4.69) is 50.8 Å². The van der Waals surface area contributed by atoms with Crippen molar-refractivity contribution in [3.63, 3.8) is 0 Å². The highest BCUT2D eigenvalue weighted by Crippen LogP contribution is 2.69. The Morgan fingerprint density at radius 1 is 0.783 bits per heavy atom. The van der Waals surface area contributed by atoms with Gasteiger partial charge in [-0.2, -0.15) is 0 Å². The van der Waals surface area contributed by atoms with Gasteiger partial charge in [-0.3, -0.25) is 0 Å². The smallest absolute Gasteiger partial charge is 0.0637 e. The van der Waals surface area contributed by atoms with Crippen molar-refractivity contribution in [2.75, 3.05) is 46.1 Å². The normalized spacial score (nSPS) is 37.0. The number of nitrogens with zero attached hydrogens (tertiary/aromatic N) is 9. The van der Waals surface area contributed by atoms with Gasteiger partial charge < -0.3 is 19.3 Å². The maximum atomic E-state index is 9.63. The first kappa shape index (κ1) is 36.6. The lowest BCUT2D eigenvalue weighted by molar-refractivity contribution is -0.227. The molecule has 0 aliphatic heterocycles. The van der Waals surface area contributed by atoms with Gasteiger partial charge >= 0.3 is 0 Å². The van der Waals surface area contributed by atoms with Crippen molar-refractivity contribution in [1.82, 2.24) is 0 Å². The van der Waals surface area contributed by atoms with E-state index < -0.39 is 0 Å². The molecule has 11 atom stereocenters. The molecule has 1 N–H and O–H groups in total. The first-order valence-corrected chi connectivity index (χ1v) is 17.8. The molecule has 0 heterocycles. The maximum Gasteiger partial charge on any atom is 0.0637 e. The number of azide groups is 3. The van der Waals surface area contributed by atoms with Crippen LogP contribution in [0.5, 0.6) is 0 Å². The molecule has 13 nitrogen and oxygen atoms in total.